The Bertz CT molecular complexity index is 736. The summed E-state index contributed by atoms with van der Waals surface area (Å²) in [5, 5.41) is 2.93. The van der Waals surface area contributed by atoms with Crippen LogP contribution in [-0.4, -0.2) is 18.5 Å². The number of hydrogen-bond donors (Lipinski definition) is 1. The summed E-state index contributed by atoms with van der Waals surface area (Å²) in [5.74, 6) is -0.836. The van der Waals surface area contributed by atoms with Crippen LogP contribution in [0.15, 0.2) is 60.7 Å². The molecular formula is C22H25NO3. The number of hydrogen-bond acceptors (Lipinski definition) is 3. The van der Waals surface area contributed by atoms with Gasteiger partial charge in [-0.15, -0.1) is 0 Å². The Morgan fingerprint density at radius 1 is 1.08 bits per heavy atom. The summed E-state index contributed by atoms with van der Waals surface area (Å²) in [7, 11) is 0. The Labute approximate surface area is 154 Å². The fraction of sp³-hybridized carbons (Fsp3) is 0.273. The van der Waals surface area contributed by atoms with Crippen LogP contribution >= 0.6 is 0 Å². The minimum atomic E-state index is -0.535. The third-order valence-electron chi connectivity index (χ3n) is 3.95. The first kappa shape index (κ1) is 19.4. The minimum absolute atomic E-state index is 0.0736. The third-order valence-corrected chi connectivity index (χ3v) is 3.95. The number of amides is 1. The zero-order valence-corrected chi connectivity index (χ0v) is 15.3. The molecule has 0 heterocycles. The second-order valence-corrected chi connectivity index (χ2v) is 6.17. The summed E-state index contributed by atoms with van der Waals surface area (Å²) in [4.78, 5) is 23.9. The monoisotopic (exact) mass is 351 g/mol. The van der Waals surface area contributed by atoms with Gasteiger partial charge >= 0.3 is 5.97 Å². The number of nitrogens with one attached hydrogen (secondary N) is 1. The number of rotatable bonds is 8. The number of carbonyl (C=O) groups excluding carboxylic acids is 2. The van der Waals surface area contributed by atoms with Gasteiger partial charge in [0, 0.05) is 6.08 Å². The van der Waals surface area contributed by atoms with Crippen molar-refractivity contribution in [3.8, 4) is 0 Å². The van der Waals surface area contributed by atoms with Crippen LogP contribution in [0.25, 0.3) is 6.08 Å². The summed E-state index contributed by atoms with van der Waals surface area (Å²) in [6.45, 7) is 3.78. The van der Waals surface area contributed by atoms with Crippen LogP contribution in [0.1, 0.15) is 42.5 Å². The van der Waals surface area contributed by atoms with E-state index in [2.05, 4.69) is 12.2 Å². The minimum Gasteiger partial charge on any atom is -0.452 e. The van der Waals surface area contributed by atoms with Crippen LogP contribution in [0, 0.1) is 6.92 Å². The fourth-order valence-electron chi connectivity index (χ4n) is 2.56. The van der Waals surface area contributed by atoms with Crippen molar-refractivity contribution in [3.05, 3.63) is 77.4 Å². The Hall–Kier alpha value is -2.88. The average Bonchev–Trinajstić information content (AvgIpc) is 2.66. The molecule has 1 atom stereocenters. The van der Waals surface area contributed by atoms with Crippen LogP contribution in [0.3, 0.4) is 0 Å². The van der Waals surface area contributed by atoms with Crippen LogP contribution in [0.5, 0.6) is 0 Å². The molecule has 0 unspecified atom stereocenters. The maximum atomic E-state index is 12.1. The molecule has 136 valence electrons. The molecule has 0 radical (unpaired) electrons. The summed E-state index contributed by atoms with van der Waals surface area (Å²) in [6.07, 6.45) is 4.78. The van der Waals surface area contributed by atoms with Gasteiger partial charge in [-0.25, -0.2) is 4.79 Å². The zero-order valence-electron chi connectivity index (χ0n) is 15.3. The van der Waals surface area contributed by atoms with Crippen molar-refractivity contribution in [1.29, 1.82) is 0 Å². The molecular weight excluding hydrogens is 326 g/mol. The van der Waals surface area contributed by atoms with Crippen molar-refractivity contribution in [2.75, 3.05) is 6.61 Å². The van der Waals surface area contributed by atoms with Gasteiger partial charge in [-0.3, -0.25) is 4.79 Å². The molecule has 0 aliphatic heterocycles. The van der Waals surface area contributed by atoms with Gasteiger partial charge in [0.2, 0.25) is 0 Å². The van der Waals surface area contributed by atoms with Gasteiger partial charge in [-0.05, 0) is 30.5 Å². The standard InChI is InChI=1S/C22H25NO3/c1-3-7-20(19-8-5-4-6-9-19)23-21(24)16-26-22(25)15-14-18-12-10-17(2)11-13-18/h4-6,8-15,20H,3,7,16H2,1-2H3,(H,23,24)/b15-14+/t20-/m0/s1. The lowest BCUT2D eigenvalue weighted by Gasteiger charge is -2.18. The summed E-state index contributed by atoms with van der Waals surface area (Å²) in [5.41, 5.74) is 3.11. The van der Waals surface area contributed by atoms with Gasteiger partial charge in [0.1, 0.15) is 0 Å². The van der Waals surface area contributed by atoms with E-state index < -0.39 is 5.97 Å². The van der Waals surface area contributed by atoms with Gasteiger partial charge in [-0.2, -0.15) is 0 Å². The lowest BCUT2D eigenvalue weighted by Crippen LogP contribution is -2.32. The molecule has 0 bridgehead atoms. The maximum Gasteiger partial charge on any atom is 0.331 e. The van der Waals surface area contributed by atoms with Crippen molar-refractivity contribution in [1.82, 2.24) is 5.32 Å². The molecule has 0 aromatic heterocycles. The van der Waals surface area contributed by atoms with Gasteiger partial charge in [0.05, 0.1) is 6.04 Å². The highest BCUT2D eigenvalue weighted by Crippen LogP contribution is 2.17. The Balaban J connectivity index is 1.83. The Morgan fingerprint density at radius 2 is 1.77 bits per heavy atom. The molecule has 0 spiro atoms. The molecule has 1 N–H and O–H groups in total. The molecule has 4 heteroatoms. The van der Waals surface area contributed by atoms with Gasteiger partial charge in [0.25, 0.3) is 5.91 Å². The van der Waals surface area contributed by atoms with Gasteiger partial charge in [-0.1, -0.05) is 73.5 Å². The van der Waals surface area contributed by atoms with E-state index in [9.17, 15) is 9.59 Å². The molecule has 0 aliphatic carbocycles. The third kappa shape index (κ3) is 6.55. The lowest BCUT2D eigenvalue weighted by atomic mass is 10.0. The topological polar surface area (TPSA) is 55.4 Å². The number of ether oxygens (including phenoxy) is 1. The molecule has 0 saturated heterocycles. The van der Waals surface area contributed by atoms with Gasteiger partial charge < -0.3 is 10.1 Å². The van der Waals surface area contributed by atoms with Crippen LogP contribution in [0.2, 0.25) is 0 Å². The highest BCUT2D eigenvalue weighted by molar-refractivity contribution is 5.89. The highest BCUT2D eigenvalue weighted by Gasteiger charge is 2.14. The van der Waals surface area contributed by atoms with E-state index in [-0.39, 0.29) is 18.6 Å². The largest absolute Gasteiger partial charge is 0.452 e. The summed E-state index contributed by atoms with van der Waals surface area (Å²) in [6, 6.07) is 17.5. The second-order valence-electron chi connectivity index (χ2n) is 6.17. The van der Waals surface area contributed by atoms with Crippen LogP contribution in [-0.2, 0) is 14.3 Å². The van der Waals surface area contributed by atoms with E-state index in [1.54, 1.807) is 6.08 Å². The second kappa shape index (κ2) is 10.2. The molecule has 4 nitrogen and oxygen atoms in total. The zero-order chi connectivity index (χ0) is 18.8. The normalized spacial score (nSPS) is 11.9. The van der Waals surface area contributed by atoms with E-state index in [1.807, 2.05) is 61.5 Å². The van der Waals surface area contributed by atoms with Crippen molar-refractivity contribution in [2.45, 2.75) is 32.7 Å². The molecule has 2 aromatic carbocycles. The Kier molecular flexibility index (Phi) is 7.62. The van der Waals surface area contributed by atoms with Crippen LogP contribution < -0.4 is 5.32 Å². The number of benzene rings is 2. The molecule has 2 aromatic rings. The van der Waals surface area contributed by atoms with Crippen molar-refractivity contribution in [2.24, 2.45) is 0 Å². The number of carbonyl (C=O) groups is 2. The lowest BCUT2D eigenvalue weighted by molar-refractivity contribution is -0.144. The van der Waals surface area contributed by atoms with Gasteiger partial charge in [0.15, 0.2) is 6.61 Å². The molecule has 0 fully saturated rings. The molecule has 0 aliphatic rings. The molecule has 26 heavy (non-hydrogen) atoms. The molecule has 2 rings (SSSR count). The van der Waals surface area contributed by atoms with E-state index >= 15 is 0 Å². The highest BCUT2D eigenvalue weighted by atomic mass is 16.5. The molecule has 1 amide bonds. The maximum absolute atomic E-state index is 12.1. The Morgan fingerprint density at radius 3 is 2.42 bits per heavy atom. The van der Waals surface area contributed by atoms with E-state index in [4.69, 9.17) is 4.74 Å². The van der Waals surface area contributed by atoms with Crippen molar-refractivity contribution >= 4 is 18.0 Å². The SMILES string of the molecule is CCC[C@H](NC(=O)COC(=O)/C=C/c1ccc(C)cc1)c1ccccc1. The van der Waals surface area contributed by atoms with Crippen molar-refractivity contribution < 1.29 is 14.3 Å². The number of aryl methyl sites for hydroxylation is 1. The predicted octanol–water partition coefficient (Wildman–Crippen LogP) is 4.21. The first-order chi connectivity index (χ1) is 12.6. The molecule has 0 saturated carbocycles. The first-order valence-electron chi connectivity index (χ1n) is 8.84. The average molecular weight is 351 g/mol. The van der Waals surface area contributed by atoms with E-state index in [0.717, 1.165) is 29.5 Å². The van der Waals surface area contributed by atoms with Crippen molar-refractivity contribution in [3.63, 3.8) is 0 Å². The smallest absolute Gasteiger partial charge is 0.331 e. The quantitative estimate of drug-likeness (QED) is 0.572. The first-order valence-corrected chi connectivity index (χ1v) is 8.84. The number of esters is 1. The summed E-state index contributed by atoms with van der Waals surface area (Å²) >= 11 is 0. The predicted molar refractivity (Wildman–Crippen MR) is 103 cm³/mol. The fourth-order valence-corrected chi connectivity index (χ4v) is 2.56. The van der Waals surface area contributed by atoms with Crippen LogP contribution in [0.4, 0.5) is 0 Å². The summed E-state index contributed by atoms with van der Waals surface area (Å²) < 4.78 is 5.03. The van der Waals surface area contributed by atoms with E-state index in [0.29, 0.717) is 0 Å². The van der Waals surface area contributed by atoms with E-state index in [1.165, 1.54) is 6.08 Å².